The SMILES string of the molecule is NC(COc1ccc2c(c1)NC(=O)C2)c1ccccc1. The minimum absolute atomic E-state index is 0.0261. The van der Waals surface area contributed by atoms with E-state index in [0.29, 0.717) is 13.0 Å². The number of nitrogens with two attached hydrogens (primary N) is 1. The summed E-state index contributed by atoms with van der Waals surface area (Å²) < 4.78 is 5.71. The topological polar surface area (TPSA) is 64.3 Å². The third kappa shape index (κ3) is 2.65. The Kier molecular flexibility index (Phi) is 3.39. The zero-order valence-corrected chi connectivity index (χ0v) is 11.0. The van der Waals surface area contributed by atoms with Crippen LogP contribution in [0, 0.1) is 0 Å². The van der Waals surface area contributed by atoms with Crippen LogP contribution >= 0.6 is 0 Å². The summed E-state index contributed by atoms with van der Waals surface area (Å²) in [5.74, 6) is 0.746. The zero-order valence-electron chi connectivity index (χ0n) is 11.0. The second kappa shape index (κ2) is 5.35. The third-order valence-electron chi connectivity index (χ3n) is 3.36. The van der Waals surface area contributed by atoms with Crippen molar-refractivity contribution in [1.29, 1.82) is 0 Å². The highest BCUT2D eigenvalue weighted by Gasteiger charge is 2.17. The summed E-state index contributed by atoms with van der Waals surface area (Å²) in [6, 6.07) is 15.3. The number of fused-ring (bicyclic) bond motifs is 1. The van der Waals surface area contributed by atoms with E-state index in [0.717, 1.165) is 22.6 Å². The van der Waals surface area contributed by atoms with Gasteiger partial charge in [0.2, 0.25) is 5.91 Å². The summed E-state index contributed by atoms with van der Waals surface area (Å²) >= 11 is 0. The molecule has 2 aromatic carbocycles. The molecule has 0 fully saturated rings. The van der Waals surface area contributed by atoms with E-state index in [2.05, 4.69) is 5.32 Å². The second-order valence-corrected chi connectivity index (χ2v) is 4.87. The first-order valence-corrected chi connectivity index (χ1v) is 6.58. The van der Waals surface area contributed by atoms with Crippen LogP contribution in [0.5, 0.6) is 5.75 Å². The lowest BCUT2D eigenvalue weighted by Gasteiger charge is -2.14. The fourth-order valence-corrected chi connectivity index (χ4v) is 2.27. The standard InChI is InChI=1S/C16H16N2O2/c17-14(11-4-2-1-3-5-11)10-20-13-7-6-12-8-16(19)18-15(12)9-13/h1-7,9,14H,8,10,17H2,(H,18,19). The van der Waals surface area contributed by atoms with Crippen LogP contribution in [0.15, 0.2) is 48.5 Å². The number of hydrogen-bond donors (Lipinski definition) is 2. The van der Waals surface area contributed by atoms with Gasteiger partial charge in [-0.1, -0.05) is 36.4 Å². The van der Waals surface area contributed by atoms with Crippen molar-refractivity contribution in [3.63, 3.8) is 0 Å². The van der Waals surface area contributed by atoms with Gasteiger partial charge in [-0.25, -0.2) is 0 Å². The van der Waals surface area contributed by atoms with Crippen LogP contribution in [0.1, 0.15) is 17.2 Å². The molecule has 102 valence electrons. The summed E-state index contributed by atoms with van der Waals surface area (Å²) in [5, 5.41) is 2.81. The van der Waals surface area contributed by atoms with Crippen molar-refractivity contribution >= 4 is 11.6 Å². The molecule has 0 radical (unpaired) electrons. The van der Waals surface area contributed by atoms with Gasteiger partial charge in [0.1, 0.15) is 12.4 Å². The van der Waals surface area contributed by atoms with Crippen LogP contribution in [-0.4, -0.2) is 12.5 Å². The number of nitrogens with one attached hydrogen (secondary N) is 1. The lowest BCUT2D eigenvalue weighted by Crippen LogP contribution is -2.18. The molecule has 0 saturated heterocycles. The van der Waals surface area contributed by atoms with Gasteiger partial charge in [-0.3, -0.25) is 4.79 Å². The summed E-state index contributed by atoms with van der Waals surface area (Å²) in [7, 11) is 0. The minimum Gasteiger partial charge on any atom is -0.492 e. The molecule has 1 atom stereocenters. The van der Waals surface area contributed by atoms with E-state index in [4.69, 9.17) is 10.5 Å². The largest absolute Gasteiger partial charge is 0.492 e. The first kappa shape index (κ1) is 12.7. The van der Waals surface area contributed by atoms with Gasteiger partial charge in [-0.15, -0.1) is 0 Å². The van der Waals surface area contributed by atoms with E-state index < -0.39 is 0 Å². The fraction of sp³-hybridized carbons (Fsp3) is 0.188. The molecular formula is C16H16N2O2. The zero-order chi connectivity index (χ0) is 13.9. The van der Waals surface area contributed by atoms with Crippen molar-refractivity contribution in [1.82, 2.24) is 0 Å². The predicted molar refractivity (Wildman–Crippen MR) is 77.6 cm³/mol. The molecule has 1 aliphatic rings. The summed E-state index contributed by atoms with van der Waals surface area (Å²) in [5.41, 5.74) is 8.97. The Morgan fingerprint density at radius 1 is 1.20 bits per heavy atom. The Bertz CT molecular complexity index is 626. The number of carbonyl (C=O) groups is 1. The van der Waals surface area contributed by atoms with Crippen LogP contribution in [0.4, 0.5) is 5.69 Å². The van der Waals surface area contributed by atoms with Crippen molar-refractivity contribution < 1.29 is 9.53 Å². The van der Waals surface area contributed by atoms with Crippen LogP contribution in [0.3, 0.4) is 0 Å². The number of benzene rings is 2. The van der Waals surface area contributed by atoms with Gasteiger partial charge in [0.25, 0.3) is 0 Å². The van der Waals surface area contributed by atoms with E-state index in [-0.39, 0.29) is 11.9 Å². The molecule has 0 saturated carbocycles. The van der Waals surface area contributed by atoms with Crippen LogP contribution in [0.25, 0.3) is 0 Å². The van der Waals surface area contributed by atoms with E-state index in [1.54, 1.807) is 0 Å². The van der Waals surface area contributed by atoms with Gasteiger partial charge in [-0.2, -0.15) is 0 Å². The molecule has 0 spiro atoms. The molecule has 4 nitrogen and oxygen atoms in total. The highest BCUT2D eigenvalue weighted by atomic mass is 16.5. The van der Waals surface area contributed by atoms with Crippen molar-refractivity contribution in [2.75, 3.05) is 11.9 Å². The van der Waals surface area contributed by atoms with Crippen LogP contribution in [-0.2, 0) is 11.2 Å². The van der Waals surface area contributed by atoms with Crippen LogP contribution < -0.4 is 15.8 Å². The van der Waals surface area contributed by atoms with E-state index in [9.17, 15) is 4.79 Å². The lowest BCUT2D eigenvalue weighted by atomic mass is 10.1. The Hall–Kier alpha value is -2.33. The van der Waals surface area contributed by atoms with Crippen molar-refractivity contribution in [2.24, 2.45) is 5.73 Å². The maximum absolute atomic E-state index is 11.3. The smallest absolute Gasteiger partial charge is 0.228 e. The molecule has 1 unspecified atom stereocenters. The molecule has 0 aromatic heterocycles. The van der Waals surface area contributed by atoms with Gasteiger partial charge in [0.05, 0.1) is 12.5 Å². The maximum Gasteiger partial charge on any atom is 0.228 e. The molecule has 0 bridgehead atoms. The highest BCUT2D eigenvalue weighted by molar-refractivity contribution is 5.99. The Labute approximate surface area is 117 Å². The molecule has 1 heterocycles. The molecule has 3 N–H and O–H groups in total. The van der Waals surface area contributed by atoms with E-state index in [1.165, 1.54) is 0 Å². The van der Waals surface area contributed by atoms with Crippen molar-refractivity contribution in [2.45, 2.75) is 12.5 Å². The van der Waals surface area contributed by atoms with Gasteiger partial charge >= 0.3 is 0 Å². The first-order valence-electron chi connectivity index (χ1n) is 6.58. The molecule has 4 heteroatoms. The van der Waals surface area contributed by atoms with E-state index >= 15 is 0 Å². The molecular weight excluding hydrogens is 252 g/mol. The van der Waals surface area contributed by atoms with E-state index in [1.807, 2.05) is 48.5 Å². The van der Waals surface area contributed by atoms with Gasteiger partial charge in [0, 0.05) is 11.8 Å². The van der Waals surface area contributed by atoms with Crippen molar-refractivity contribution in [3.8, 4) is 5.75 Å². The second-order valence-electron chi connectivity index (χ2n) is 4.87. The normalized spacial score (nSPS) is 14.6. The molecule has 1 aliphatic heterocycles. The number of hydrogen-bond acceptors (Lipinski definition) is 3. The summed E-state index contributed by atoms with van der Waals surface area (Å²) in [6.07, 6.45) is 0.444. The summed E-state index contributed by atoms with van der Waals surface area (Å²) in [4.78, 5) is 11.3. The Morgan fingerprint density at radius 3 is 2.80 bits per heavy atom. The number of anilines is 1. The Balaban J connectivity index is 1.65. The monoisotopic (exact) mass is 268 g/mol. The number of carbonyl (C=O) groups excluding carboxylic acids is 1. The predicted octanol–water partition coefficient (Wildman–Crippen LogP) is 2.26. The molecule has 20 heavy (non-hydrogen) atoms. The van der Waals surface area contributed by atoms with Crippen molar-refractivity contribution in [3.05, 3.63) is 59.7 Å². The number of rotatable bonds is 4. The van der Waals surface area contributed by atoms with Gasteiger partial charge < -0.3 is 15.8 Å². The third-order valence-corrected chi connectivity index (χ3v) is 3.36. The van der Waals surface area contributed by atoms with Gasteiger partial charge in [-0.05, 0) is 17.2 Å². The summed E-state index contributed by atoms with van der Waals surface area (Å²) in [6.45, 7) is 0.400. The highest BCUT2D eigenvalue weighted by Crippen LogP contribution is 2.27. The molecule has 2 aromatic rings. The molecule has 0 aliphatic carbocycles. The fourth-order valence-electron chi connectivity index (χ4n) is 2.27. The number of ether oxygens (including phenoxy) is 1. The Morgan fingerprint density at radius 2 is 2.00 bits per heavy atom. The quantitative estimate of drug-likeness (QED) is 0.894. The van der Waals surface area contributed by atoms with Crippen LogP contribution in [0.2, 0.25) is 0 Å². The van der Waals surface area contributed by atoms with Gasteiger partial charge in [0.15, 0.2) is 0 Å². The minimum atomic E-state index is -0.168. The first-order chi connectivity index (χ1) is 9.72. The molecule has 1 amide bonds. The average Bonchev–Trinajstić information content (AvgIpc) is 2.85. The lowest BCUT2D eigenvalue weighted by molar-refractivity contribution is -0.115. The maximum atomic E-state index is 11.3. The molecule has 3 rings (SSSR count). The average molecular weight is 268 g/mol. The number of amides is 1.